The minimum Gasteiger partial charge on any atom is -0.324 e. The number of fused-ring (bicyclic) bond motifs is 1. The molecule has 0 saturated heterocycles. The monoisotopic (exact) mass is 427 g/mol. The zero-order chi connectivity index (χ0) is 22.3. The Hall–Kier alpha value is -3.55. The number of nitrogens with zero attached hydrogens (tertiary/aromatic N) is 2. The molecule has 1 aliphatic heterocycles. The van der Waals surface area contributed by atoms with E-state index in [1.165, 1.54) is 0 Å². The second kappa shape index (κ2) is 7.61. The Kier molecular flexibility index (Phi) is 5.08. The van der Waals surface area contributed by atoms with Crippen LogP contribution < -0.4 is 5.32 Å². The average molecular weight is 427 g/mol. The third-order valence-electron chi connectivity index (χ3n) is 4.86. The summed E-state index contributed by atoms with van der Waals surface area (Å²) in [4.78, 5) is 21.0. The number of pyridine rings is 1. The zero-order valence-corrected chi connectivity index (χ0v) is 16.6. The van der Waals surface area contributed by atoms with Gasteiger partial charge >= 0.3 is 6.18 Å². The third kappa shape index (κ3) is 4.33. The first-order valence-electron chi connectivity index (χ1n) is 9.44. The van der Waals surface area contributed by atoms with Crippen molar-refractivity contribution in [1.82, 2.24) is 4.98 Å². The number of hydrogen-bond donors (Lipinski definition) is 1. The molecular formula is C23H17F4N3O. The van der Waals surface area contributed by atoms with Crippen molar-refractivity contribution in [2.45, 2.75) is 26.4 Å². The van der Waals surface area contributed by atoms with Crippen LogP contribution in [0.5, 0.6) is 0 Å². The van der Waals surface area contributed by atoms with Crippen molar-refractivity contribution in [2.24, 2.45) is 4.99 Å². The number of alkyl halides is 3. The van der Waals surface area contributed by atoms with E-state index in [1.807, 2.05) is 38.1 Å². The van der Waals surface area contributed by atoms with Gasteiger partial charge in [0.15, 0.2) is 0 Å². The van der Waals surface area contributed by atoms with Crippen molar-refractivity contribution in [2.75, 3.05) is 5.32 Å². The summed E-state index contributed by atoms with van der Waals surface area (Å²) in [6.45, 7) is 3.78. The molecule has 0 unspecified atom stereocenters. The fraction of sp³-hybridized carbons (Fsp3) is 0.174. The number of rotatable bonds is 2. The van der Waals surface area contributed by atoms with Crippen LogP contribution in [0.3, 0.4) is 0 Å². The van der Waals surface area contributed by atoms with E-state index in [0.717, 1.165) is 22.5 Å². The van der Waals surface area contributed by atoms with Gasteiger partial charge in [-0.25, -0.2) is 9.38 Å². The number of carbonyl (C=O) groups excluding carboxylic acids is 1. The maximum absolute atomic E-state index is 14.1. The Labute approximate surface area is 175 Å². The van der Waals surface area contributed by atoms with Gasteiger partial charge in [-0.2, -0.15) is 13.2 Å². The molecule has 4 rings (SSSR count). The summed E-state index contributed by atoms with van der Waals surface area (Å²) in [5.74, 6) is -1.97. The highest BCUT2D eigenvalue weighted by molar-refractivity contribution is 6.17. The molecule has 0 bridgehead atoms. The number of aryl methyl sites for hydroxylation is 2. The minimum atomic E-state index is -4.88. The Morgan fingerprint density at radius 1 is 0.935 bits per heavy atom. The minimum absolute atomic E-state index is 0.0626. The molecule has 1 amide bonds. The van der Waals surface area contributed by atoms with Gasteiger partial charge in [-0.15, -0.1) is 0 Å². The summed E-state index contributed by atoms with van der Waals surface area (Å²) in [5, 5.41) is 2.39. The molecular weight excluding hydrogens is 410 g/mol. The molecule has 8 heteroatoms. The molecule has 0 saturated carbocycles. The van der Waals surface area contributed by atoms with Crippen LogP contribution in [-0.2, 0) is 11.0 Å². The van der Waals surface area contributed by atoms with Gasteiger partial charge in [-0.05, 0) is 54.8 Å². The number of aliphatic imine (C=N–C) groups is 1. The number of anilines is 1. The molecule has 1 aromatic heterocycles. The molecule has 4 nitrogen and oxygen atoms in total. The fourth-order valence-electron chi connectivity index (χ4n) is 3.55. The van der Waals surface area contributed by atoms with Crippen LogP contribution in [0.1, 0.15) is 28.9 Å². The Morgan fingerprint density at radius 3 is 2.29 bits per heavy atom. The quantitative estimate of drug-likeness (QED) is 0.511. The van der Waals surface area contributed by atoms with Gasteiger partial charge in [0.1, 0.15) is 5.82 Å². The summed E-state index contributed by atoms with van der Waals surface area (Å²) in [6, 6.07) is 12.4. The van der Waals surface area contributed by atoms with E-state index in [9.17, 15) is 22.4 Å². The summed E-state index contributed by atoms with van der Waals surface area (Å²) >= 11 is 0. The molecule has 3 aromatic rings. The molecule has 0 fully saturated rings. The molecule has 0 spiro atoms. The van der Waals surface area contributed by atoms with Gasteiger partial charge in [0.25, 0.3) is 0 Å². The lowest BCUT2D eigenvalue weighted by Gasteiger charge is -2.11. The van der Waals surface area contributed by atoms with Crippen LogP contribution in [0.2, 0.25) is 0 Å². The van der Waals surface area contributed by atoms with Gasteiger partial charge in [-0.1, -0.05) is 18.2 Å². The van der Waals surface area contributed by atoms with Gasteiger partial charge in [0, 0.05) is 17.5 Å². The molecule has 1 aliphatic rings. The first-order valence-corrected chi connectivity index (χ1v) is 9.44. The summed E-state index contributed by atoms with van der Waals surface area (Å²) in [5.41, 5.74) is 2.79. The van der Waals surface area contributed by atoms with E-state index >= 15 is 0 Å². The van der Waals surface area contributed by atoms with Crippen molar-refractivity contribution in [3.63, 3.8) is 0 Å². The molecule has 0 atom stereocenters. The lowest BCUT2D eigenvalue weighted by molar-refractivity contribution is -0.140. The van der Waals surface area contributed by atoms with E-state index < -0.39 is 23.5 Å². The zero-order valence-electron chi connectivity index (χ0n) is 16.6. The lowest BCUT2D eigenvalue weighted by atomic mass is 9.99. The molecule has 2 heterocycles. The molecule has 1 N–H and O–H groups in total. The number of halogens is 4. The first-order chi connectivity index (χ1) is 14.6. The number of nitrogens with one attached hydrogen (secondary N) is 1. The smallest absolute Gasteiger partial charge is 0.324 e. The van der Waals surface area contributed by atoms with E-state index in [1.54, 1.807) is 12.1 Å². The predicted octanol–water partition coefficient (Wildman–Crippen LogP) is 5.99. The van der Waals surface area contributed by atoms with E-state index in [0.29, 0.717) is 23.4 Å². The van der Waals surface area contributed by atoms with Crippen molar-refractivity contribution in [1.29, 1.82) is 0 Å². The topological polar surface area (TPSA) is 54.4 Å². The number of hydrogen-bond acceptors (Lipinski definition) is 3. The SMILES string of the molecule is Cc1cc(-c2cccc(C3=Nc4cc(F)c(C(F)(F)F)cc4NC(=O)C3)c2)cc(C)n1. The number of benzene rings is 2. The lowest BCUT2D eigenvalue weighted by Crippen LogP contribution is -2.15. The summed E-state index contributed by atoms with van der Waals surface area (Å²) in [6.07, 6.45) is -5.03. The Bertz CT molecular complexity index is 1210. The highest BCUT2D eigenvalue weighted by Gasteiger charge is 2.35. The number of aromatic nitrogens is 1. The van der Waals surface area contributed by atoms with Gasteiger partial charge in [-0.3, -0.25) is 9.78 Å². The van der Waals surface area contributed by atoms with Gasteiger partial charge in [0.2, 0.25) is 5.91 Å². The van der Waals surface area contributed by atoms with Crippen LogP contribution in [0.15, 0.2) is 53.5 Å². The number of amides is 1. The molecule has 0 radical (unpaired) electrons. The maximum atomic E-state index is 14.1. The second-order valence-corrected chi connectivity index (χ2v) is 7.35. The maximum Gasteiger partial charge on any atom is 0.419 e. The van der Waals surface area contributed by atoms with Crippen molar-refractivity contribution >= 4 is 23.0 Å². The molecule has 2 aromatic carbocycles. The molecule has 31 heavy (non-hydrogen) atoms. The normalized spacial score (nSPS) is 13.9. The highest BCUT2D eigenvalue weighted by Crippen LogP contribution is 2.38. The second-order valence-electron chi connectivity index (χ2n) is 7.35. The van der Waals surface area contributed by atoms with Crippen molar-refractivity contribution in [3.8, 4) is 11.1 Å². The standard InChI is InChI=1S/C23H17F4N3O/c1-12-6-16(7-13(2)28-12)14-4-3-5-15(8-14)19-11-22(31)30-20-9-17(23(25,26)27)18(24)10-21(20)29-19/h3-10H,11H2,1-2H3,(H,30,31). The Morgan fingerprint density at radius 2 is 1.61 bits per heavy atom. The first kappa shape index (κ1) is 20.7. The Balaban J connectivity index is 1.80. The largest absolute Gasteiger partial charge is 0.419 e. The number of carbonyl (C=O) groups is 1. The van der Waals surface area contributed by atoms with Crippen LogP contribution >= 0.6 is 0 Å². The molecule has 0 aliphatic carbocycles. The van der Waals surface area contributed by atoms with Crippen LogP contribution in [0.4, 0.5) is 28.9 Å². The van der Waals surface area contributed by atoms with Gasteiger partial charge < -0.3 is 5.32 Å². The van der Waals surface area contributed by atoms with Gasteiger partial charge in [0.05, 0.1) is 29.1 Å². The van der Waals surface area contributed by atoms with E-state index in [-0.39, 0.29) is 17.8 Å². The highest BCUT2D eigenvalue weighted by atomic mass is 19.4. The van der Waals surface area contributed by atoms with Crippen molar-refractivity contribution in [3.05, 3.63) is 76.9 Å². The van der Waals surface area contributed by atoms with Crippen LogP contribution in [0.25, 0.3) is 11.1 Å². The summed E-state index contributed by atoms with van der Waals surface area (Å²) in [7, 11) is 0. The average Bonchev–Trinajstić information content (AvgIpc) is 2.83. The molecule has 158 valence electrons. The van der Waals surface area contributed by atoms with E-state index in [2.05, 4.69) is 15.3 Å². The van der Waals surface area contributed by atoms with Crippen LogP contribution in [-0.4, -0.2) is 16.6 Å². The fourth-order valence-corrected chi connectivity index (χ4v) is 3.55. The van der Waals surface area contributed by atoms with Crippen LogP contribution in [0, 0.1) is 19.7 Å². The third-order valence-corrected chi connectivity index (χ3v) is 4.86. The van der Waals surface area contributed by atoms with Crippen molar-refractivity contribution < 1.29 is 22.4 Å². The predicted molar refractivity (Wildman–Crippen MR) is 110 cm³/mol. The summed E-state index contributed by atoms with van der Waals surface area (Å²) < 4.78 is 53.2. The van der Waals surface area contributed by atoms with E-state index in [4.69, 9.17) is 0 Å².